The molecule has 0 aliphatic heterocycles. The SMILES string of the molecule is Brc1cccc(CCN(c2ncnc3[nH]ncc23)C2CCCC2)c1. The van der Waals surface area contributed by atoms with Crippen molar-refractivity contribution in [2.24, 2.45) is 0 Å². The summed E-state index contributed by atoms with van der Waals surface area (Å²) < 4.78 is 1.13. The van der Waals surface area contributed by atoms with Crippen LogP contribution in [-0.2, 0) is 6.42 Å². The number of hydrogen-bond donors (Lipinski definition) is 1. The van der Waals surface area contributed by atoms with Gasteiger partial charge < -0.3 is 4.90 Å². The molecule has 1 N–H and O–H groups in total. The molecule has 4 rings (SSSR count). The Morgan fingerprint density at radius 3 is 2.92 bits per heavy atom. The van der Waals surface area contributed by atoms with E-state index in [1.807, 2.05) is 6.20 Å². The van der Waals surface area contributed by atoms with Crippen LogP contribution >= 0.6 is 15.9 Å². The van der Waals surface area contributed by atoms with Gasteiger partial charge in [0.25, 0.3) is 0 Å². The summed E-state index contributed by atoms with van der Waals surface area (Å²) in [5.41, 5.74) is 2.15. The molecule has 0 radical (unpaired) electrons. The molecule has 0 unspecified atom stereocenters. The van der Waals surface area contributed by atoms with Gasteiger partial charge in [-0.2, -0.15) is 5.10 Å². The van der Waals surface area contributed by atoms with E-state index in [1.165, 1.54) is 31.2 Å². The van der Waals surface area contributed by atoms with E-state index in [0.717, 1.165) is 34.3 Å². The highest BCUT2D eigenvalue weighted by Crippen LogP contribution is 2.30. The smallest absolute Gasteiger partial charge is 0.160 e. The van der Waals surface area contributed by atoms with Crippen molar-refractivity contribution in [1.82, 2.24) is 20.2 Å². The van der Waals surface area contributed by atoms with Crippen LogP contribution in [0.3, 0.4) is 0 Å². The summed E-state index contributed by atoms with van der Waals surface area (Å²) in [7, 11) is 0. The summed E-state index contributed by atoms with van der Waals surface area (Å²) in [6.45, 7) is 0.957. The van der Waals surface area contributed by atoms with E-state index in [-0.39, 0.29) is 0 Å². The average molecular weight is 386 g/mol. The zero-order valence-corrected chi connectivity index (χ0v) is 15.0. The van der Waals surface area contributed by atoms with Crippen LogP contribution in [0.25, 0.3) is 11.0 Å². The highest BCUT2D eigenvalue weighted by atomic mass is 79.9. The highest BCUT2D eigenvalue weighted by molar-refractivity contribution is 9.10. The van der Waals surface area contributed by atoms with Gasteiger partial charge in [0.2, 0.25) is 0 Å². The van der Waals surface area contributed by atoms with Crippen molar-refractivity contribution >= 4 is 32.8 Å². The maximum absolute atomic E-state index is 4.60. The number of nitrogens with one attached hydrogen (secondary N) is 1. The molecule has 0 spiro atoms. The molecule has 1 aromatic carbocycles. The second kappa shape index (κ2) is 6.89. The summed E-state index contributed by atoms with van der Waals surface area (Å²) in [6, 6.07) is 9.10. The Morgan fingerprint density at radius 1 is 1.21 bits per heavy atom. The van der Waals surface area contributed by atoms with Crippen molar-refractivity contribution in [2.45, 2.75) is 38.1 Å². The molecule has 124 valence electrons. The van der Waals surface area contributed by atoms with Gasteiger partial charge in [-0.1, -0.05) is 40.9 Å². The maximum atomic E-state index is 4.60. The van der Waals surface area contributed by atoms with Crippen molar-refractivity contribution in [3.63, 3.8) is 0 Å². The van der Waals surface area contributed by atoms with Crippen molar-refractivity contribution in [2.75, 3.05) is 11.4 Å². The number of aromatic nitrogens is 4. The zero-order chi connectivity index (χ0) is 16.4. The average Bonchev–Trinajstić information content (AvgIpc) is 3.27. The predicted molar refractivity (Wildman–Crippen MR) is 99.1 cm³/mol. The minimum absolute atomic E-state index is 0.560. The lowest BCUT2D eigenvalue weighted by Crippen LogP contribution is -2.36. The van der Waals surface area contributed by atoms with Gasteiger partial charge in [-0.3, -0.25) is 5.10 Å². The lowest BCUT2D eigenvalue weighted by Gasteiger charge is -2.30. The lowest BCUT2D eigenvalue weighted by atomic mass is 10.1. The van der Waals surface area contributed by atoms with E-state index < -0.39 is 0 Å². The number of anilines is 1. The van der Waals surface area contributed by atoms with Crippen molar-refractivity contribution < 1.29 is 0 Å². The number of nitrogens with zero attached hydrogens (tertiary/aromatic N) is 4. The van der Waals surface area contributed by atoms with Crippen molar-refractivity contribution in [3.8, 4) is 0 Å². The molecule has 6 heteroatoms. The van der Waals surface area contributed by atoms with Gasteiger partial charge in [0, 0.05) is 17.1 Å². The van der Waals surface area contributed by atoms with Gasteiger partial charge in [-0.15, -0.1) is 0 Å². The zero-order valence-electron chi connectivity index (χ0n) is 13.5. The van der Waals surface area contributed by atoms with Gasteiger partial charge in [0.1, 0.15) is 12.1 Å². The molecule has 1 saturated carbocycles. The van der Waals surface area contributed by atoms with Crippen molar-refractivity contribution in [1.29, 1.82) is 0 Å². The fourth-order valence-corrected chi connectivity index (χ4v) is 4.05. The van der Waals surface area contributed by atoms with Gasteiger partial charge in [0.05, 0.1) is 11.6 Å². The number of halogens is 1. The molecule has 1 aliphatic carbocycles. The summed E-state index contributed by atoms with van der Waals surface area (Å²) in [6.07, 6.45) is 9.56. The Kier molecular flexibility index (Phi) is 4.47. The molecule has 1 fully saturated rings. The lowest BCUT2D eigenvalue weighted by molar-refractivity contribution is 0.600. The van der Waals surface area contributed by atoms with Crippen LogP contribution < -0.4 is 4.90 Å². The Hall–Kier alpha value is -1.95. The minimum Gasteiger partial charge on any atom is -0.353 e. The monoisotopic (exact) mass is 385 g/mol. The number of benzene rings is 1. The Balaban J connectivity index is 1.63. The molecule has 0 saturated heterocycles. The first-order valence-corrected chi connectivity index (χ1v) is 9.26. The van der Waals surface area contributed by atoms with Gasteiger partial charge in [0.15, 0.2) is 5.65 Å². The Morgan fingerprint density at radius 2 is 2.08 bits per heavy atom. The molecule has 3 aromatic rings. The standard InChI is InChI=1S/C18H20BrN5/c19-14-5-3-4-13(10-14)8-9-24(15-6-1-2-7-15)18-16-11-22-23-17(16)20-12-21-18/h3-5,10-12,15H,1-2,6-9H2,(H,20,21,22,23). The fraction of sp³-hybridized carbons (Fsp3) is 0.389. The van der Waals surface area contributed by atoms with Crippen molar-refractivity contribution in [3.05, 3.63) is 46.8 Å². The molecule has 1 aliphatic rings. The molecular formula is C18H20BrN5. The van der Waals surface area contributed by atoms with Crippen LogP contribution in [0.2, 0.25) is 0 Å². The quantitative estimate of drug-likeness (QED) is 0.717. The summed E-state index contributed by atoms with van der Waals surface area (Å²) in [5, 5.41) is 8.11. The summed E-state index contributed by atoms with van der Waals surface area (Å²) in [5.74, 6) is 1.01. The third-order valence-electron chi connectivity index (χ3n) is 4.79. The Bertz CT molecular complexity index is 825. The molecule has 0 bridgehead atoms. The van der Waals surface area contributed by atoms with Crippen LogP contribution in [0, 0.1) is 0 Å². The third-order valence-corrected chi connectivity index (χ3v) is 5.29. The van der Waals surface area contributed by atoms with Crippen LogP contribution in [0.1, 0.15) is 31.2 Å². The number of H-pyrrole nitrogens is 1. The van der Waals surface area contributed by atoms with E-state index in [1.54, 1.807) is 6.33 Å². The van der Waals surface area contributed by atoms with E-state index in [9.17, 15) is 0 Å². The first-order valence-electron chi connectivity index (χ1n) is 8.46. The van der Waals surface area contributed by atoms with Gasteiger partial charge in [-0.05, 0) is 37.0 Å². The third kappa shape index (κ3) is 3.15. The van der Waals surface area contributed by atoms with E-state index in [2.05, 4.69) is 65.3 Å². The molecule has 2 aromatic heterocycles. The fourth-order valence-electron chi connectivity index (χ4n) is 3.60. The molecule has 0 amide bonds. The van der Waals surface area contributed by atoms with Crippen LogP contribution in [0.4, 0.5) is 5.82 Å². The molecule has 24 heavy (non-hydrogen) atoms. The first-order chi connectivity index (χ1) is 11.8. The molecular weight excluding hydrogens is 366 g/mol. The number of hydrogen-bond acceptors (Lipinski definition) is 4. The molecule has 5 nitrogen and oxygen atoms in total. The van der Waals surface area contributed by atoms with Crippen LogP contribution in [0.15, 0.2) is 41.3 Å². The van der Waals surface area contributed by atoms with E-state index in [0.29, 0.717) is 6.04 Å². The molecule has 0 atom stereocenters. The van der Waals surface area contributed by atoms with Gasteiger partial charge >= 0.3 is 0 Å². The first kappa shape index (κ1) is 15.6. The topological polar surface area (TPSA) is 57.7 Å². The van der Waals surface area contributed by atoms with Gasteiger partial charge in [-0.25, -0.2) is 9.97 Å². The summed E-state index contributed by atoms with van der Waals surface area (Å²) >= 11 is 3.56. The van der Waals surface area contributed by atoms with E-state index >= 15 is 0 Å². The highest BCUT2D eigenvalue weighted by Gasteiger charge is 2.25. The second-order valence-electron chi connectivity index (χ2n) is 6.34. The molecule has 2 heterocycles. The number of rotatable bonds is 5. The maximum Gasteiger partial charge on any atom is 0.160 e. The van der Waals surface area contributed by atoms with E-state index in [4.69, 9.17) is 0 Å². The Labute approximate surface area is 149 Å². The number of fused-ring (bicyclic) bond motifs is 1. The normalized spacial score (nSPS) is 15.2. The number of aromatic amines is 1. The van der Waals surface area contributed by atoms with Crippen LogP contribution in [0.5, 0.6) is 0 Å². The minimum atomic E-state index is 0.560. The predicted octanol–water partition coefficient (Wildman–Crippen LogP) is 4.11. The largest absolute Gasteiger partial charge is 0.353 e. The summed E-state index contributed by atoms with van der Waals surface area (Å²) in [4.78, 5) is 11.3. The second-order valence-corrected chi connectivity index (χ2v) is 7.26. The van der Waals surface area contributed by atoms with Crippen LogP contribution in [-0.4, -0.2) is 32.8 Å².